The van der Waals surface area contributed by atoms with Gasteiger partial charge in [0, 0.05) is 48.6 Å². The second-order valence-corrected chi connectivity index (χ2v) is 8.78. The van der Waals surface area contributed by atoms with Gasteiger partial charge in [0.25, 0.3) is 0 Å². The zero-order valence-electron chi connectivity index (χ0n) is 13.2. The maximum atomic E-state index is 12.9. The summed E-state index contributed by atoms with van der Waals surface area (Å²) in [7, 11) is -1.52. The van der Waals surface area contributed by atoms with Crippen molar-refractivity contribution >= 4 is 21.8 Å². The lowest BCUT2D eigenvalue weighted by Crippen LogP contribution is -2.44. The van der Waals surface area contributed by atoms with Crippen LogP contribution in [0, 0.1) is 0 Å². The van der Waals surface area contributed by atoms with Gasteiger partial charge in [0.05, 0.1) is 0 Å². The Labute approximate surface area is 132 Å². The van der Waals surface area contributed by atoms with Gasteiger partial charge in [-0.2, -0.15) is 16.1 Å². The third kappa shape index (κ3) is 3.47. The second-order valence-electron chi connectivity index (χ2n) is 5.74. The molecule has 0 aromatic carbocycles. The van der Waals surface area contributed by atoms with Crippen molar-refractivity contribution in [3.05, 3.63) is 18.0 Å². The van der Waals surface area contributed by atoms with Crippen LogP contribution >= 0.6 is 11.8 Å². The highest BCUT2D eigenvalue weighted by molar-refractivity contribution is 7.99. The number of hydrogen-bond acceptors (Lipinski definition) is 4. The first-order valence-electron chi connectivity index (χ1n) is 7.33. The zero-order valence-corrected chi connectivity index (χ0v) is 14.8. The van der Waals surface area contributed by atoms with Gasteiger partial charge in [-0.3, -0.25) is 0 Å². The summed E-state index contributed by atoms with van der Waals surface area (Å²) in [6.45, 7) is 7.38. The summed E-state index contributed by atoms with van der Waals surface area (Å²) in [6, 6.07) is 2.11. The predicted molar refractivity (Wildman–Crippen MR) is 88.3 cm³/mol. The molecule has 0 spiro atoms. The van der Waals surface area contributed by atoms with Crippen molar-refractivity contribution in [1.29, 1.82) is 0 Å². The molecule has 1 aromatic rings. The van der Waals surface area contributed by atoms with Gasteiger partial charge in [0.2, 0.25) is 10.0 Å². The van der Waals surface area contributed by atoms with Crippen molar-refractivity contribution in [2.24, 2.45) is 0 Å². The number of nitrogens with zero attached hydrogens (tertiary/aromatic N) is 2. The van der Waals surface area contributed by atoms with Gasteiger partial charge in [-0.15, -0.1) is 0 Å². The molecule has 7 heteroatoms. The van der Waals surface area contributed by atoms with E-state index in [-0.39, 0.29) is 12.1 Å². The third-order valence-electron chi connectivity index (χ3n) is 3.73. The lowest BCUT2D eigenvalue weighted by atomic mass is 10.3. The van der Waals surface area contributed by atoms with Gasteiger partial charge in [-0.1, -0.05) is 0 Å². The summed E-state index contributed by atoms with van der Waals surface area (Å²) in [6.07, 6.45) is 1.78. The summed E-state index contributed by atoms with van der Waals surface area (Å²) < 4.78 is 29.4. The molecule has 120 valence electrons. The molecule has 0 saturated carbocycles. The fourth-order valence-electron chi connectivity index (χ4n) is 2.65. The molecule has 1 N–H and O–H groups in total. The Morgan fingerprint density at radius 1 is 1.48 bits per heavy atom. The van der Waals surface area contributed by atoms with Crippen molar-refractivity contribution in [3.63, 3.8) is 0 Å². The molecule has 0 amide bonds. The van der Waals surface area contributed by atoms with Crippen molar-refractivity contribution in [3.8, 4) is 0 Å². The molecule has 2 rings (SSSR count). The number of rotatable bonds is 5. The molecule has 0 radical (unpaired) electrons. The van der Waals surface area contributed by atoms with Crippen LogP contribution in [0.1, 0.15) is 32.5 Å². The summed E-state index contributed by atoms with van der Waals surface area (Å²) in [5, 5.41) is 3.10. The average Bonchev–Trinajstić information content (AvgIpc) is 2.84. The molecule has 2 heterocycles. The average molecular weight is 332 g/mol. The summed E-state index contributed by atoms with van der Waals surface area (Å²) in [5.41, 5.74) is 1.00. The molecule has 1 aliphatic rings. The van der Waals surface area contributed by atoms with Crippen molar-refractivity contribution in [2.45, 2.75) is 44.3 Å². The van der Waals surface area contributed by atoms with Gasteiger partial charge >= 0.3 is 0 Å². The van der Waals surface area contributed by atoms with E-state index in [1.165, 1.54) is 0 Å². The van der Waals surface area contributed by atoms with E-state index < -0.39 is 10.0 Å². The summed E-state index contributed by atoms with van der Waals surface area (Å²) in [5.74, 6) is 1.74. The van der Waals surface area contributed by atoms with Gasteiger partial charge < -0.3 is 9.88 Å². The van der Waals surface area contributed by atoms with E-state index in [0.717, 1.165) is 17.2 Å². The molecular weight excluding hydrogens is 306 g/mol. The lowest BCUT2D eigenvalue weighted by Gasteiger charge is -2.31. The molecular formula is C14H25N3O2S2. The van der Waals surface area contributed by atoms with Crippen LogP contribution in [0.4, 0.5) is 0 Å². The first-order valence-corrected chi connectivity index (χ1v) is 9.92. The van der Waals surface area contributed by atoms with E-state index in [2.05, 4.69) is 19.2 Å². The van der Waals surface area contributed by atoms with E-state index in [0.29, 0.717) is 18.0 Å². The van der Waals surface area contributed by atoms with Crippen LogP contribution in [0.2, 0.25) is 0 Å². The van der Waals surface area contributed by atoms with Crippen LogP contribution in [0.5, 0.6) is 0 Å². The topological polar surface area (TPSA) is 54.3 Å². The Bertz CT molecular complexity index is 581. The molecule has 0 aliphatic carbocycles. The number of aromatic nitrogens is 1. The number of hydrogen-bond donors (Lipinski definition) is 1. The fourth-order valence-corrected chi connectivity index (χ4v) is 5.55. The van der Waals surface area contributed by atoms with Crippen molar-refractivity contribution in [1.82, 2.24) is 14.2 Å². The van der Waals surface area contributed by atoms with Crippen LogP contribution < -0.4 is 5.32 Å². The van der Waals surface area contributed by atoms with E-state index in [4.69, 9.17) is 0 Å². The number of nitrogens with one attached hydrogen (secondary N) is 1. The number of thioether (sulfide) groups is 1. The van der Waals surface area contributed by atoms with Gasteiger partial charge in [-0.25, -0.2) is 8.42 Å². The second kappa shape index (κ2) is 6.73. The Morgan fingerprint density at radius 2 is 2.19 bits per heavy atom. The minimum absolute atomic E-state index is 0.0592. The van der Waals surface area contributed by atoms with Gasteiger partial charge in [0.15, 0.2) is 0 Å². The molecule has 1 unspecified atom stereocenters. The highest BCUT2D eigenvalue weighted by Gasteiger charge is 2.32. The molecule has 0 bridgehead atoms. The maximum Gasteiger partial charge on any atom is 0.244 e. The number of sulfonamides is 1. The SMILES string of the molecule is CNCc1cc(S(=O)(=O)N2CCSCC2C)cn1C(C)C. The van der Waals surface area contributed by atoms with Crippen LogP contribution in [0.25, 0.3) is 0 Å². The Hall–Kier alpha value is -0.500. The molecule has 1 fully saturated rings. The van der Waals surface area contributed by atoms with E-state index >= 15 is 0 Å². The highest BCUT2D eigenvalue weighted by Crippen LogP contribution is 2.27. The van der Waals surface area contributed by atoms with Crippen LogP contribution in [-0.2, 0) is 16.6 Å². The minimum atomic E-state index is -3.39. The first kappa shape index (κ1) is 16.9. The lowest BCUT2D eigenvalue weighted by molar-refractivity contribution is 0.367. The van der Waals surface area contributed by atoms with E-state index in [9.17, 15) is 8.42 Å². The molecule has 1 saturated heterocycles. The monoisotopic (exact) mass is 331 g/mol. The standard InChI is InChI=1S/C14H25N3O2S2/c1-11(2)16-9-14(7-13(16)8-15-4)21(18,19)17-5-6-20-10-12(17)3/h7,9,11-12,15H,5-6,8,10H2,1-4H3. The Morgan fingerprint density at radius 3 is 2.76 bits per heavy atom. The Kier molecular flexibility index (Phi) is 5.40. The van der Waals surface area contributed by atoms with Crippen LogP contribution in [0.3, 0.4) is 0 Å². The van der Waals surface area contributed by atoms with E-state index in [1.54, 1.807) is 16.6 Å². The van der Waals surface area contributed by atoms with Crippen LogP contribution in [0.15, 0.2) is 17.2 Å². The Balaban J connectivity index is 2.37. The summed E-state index contributed by atoms with van der Waals surface area (Å²) >= 11 is 1.82. The maximum absolute atomic E-state index is 12.9. The normalized spacial score (nSPS) is 21.1. The van der Waals surface area contributed by atoms with E-state index in [1.807, 2.05) is 30.3 Å². The van der Waals surface area contributed by atoms with Crippen molar-refractivity contribution in [2.75, 3.05) is 25.1 Å². The zero-order chi connectivity index (χ0) is 15.6. The van der Waals surface area contributed by atoms with Crippen molar-refractivity contribution < 1.29 is 8.42 Å². The minimum Gasteiger partial charge on any atom is -0.346 e. The first-order chi connectivity index (χ1) is 9.87. The quantitative estimate of drug-likeness (QED) is 0.895. The summed E-state index contributed by atoms with van der Waals surface area (Å²) in [4.78, 5) is 0.417. The molecule has 1 atom stereocenters. The highest BCUT2D eigenvalue weighted by atomic mass is 32.2. The largest absolute Gasteiger partial charge is 0.346 e. The van der Waals surface area contributed by atoms with Crippen LogP contribution in [-0.4, -0.2) is 48.4 Å². The third-order valence-corrected chi connectivity index (χ3v) is 6.90. The molecule has 5 nitrogen and oxygen atoms in total. The molecule has 21 heavy (non-hydrogen) atoms. The predicted octanol–water partition coefficient (Wildman–Crippen LogP) is 1.91. The fraction of sp³-hybridized carbons (Fsp3) is 0.714. The van der Waals surface area contributed by atoms with Gasteiger partial charge in [0.1, 0.15) is 4.90 Å². The smallest absolute Gasteiger partial charge is 0.244 e. The molecule has 1 aromatic heterocycles. The molecule has 1 aliphatic heterocycles. The van der Waals surface area contributed by atoms with Gasteiger partial charge in [-0.05, 0) is 33.9 Å².